The molecule has 0 radical (unpaired) electrons. The lowest BCUT2D eigenvalue weighted by Crippen LogP contribution is -2.24. The Kier molecular flexibility index (Phi) is 6.11. The monoisotopic (exact) mass is 416 g/mol. The van der Waals surface area contributed by atoms with E-state index in [9.17, 15) is 13.2 Å². The minimum Gasteiger partial charge on any atom is -0.497 e. The molecule has 3 aromatic rings. The van der Waals surface area contributed by atoms with Gasteiger partial charge in [-0.15, -0.1) is 11.3 Å². The van der Waals surface area contributed by atoms with Crippen molar-refractivity contribution in [3.63, 3.8) is 0 Å². The Labute approximate surface area is 168 Å². The third-order valence-corrected chi connectivity index (χ3v) is 6.29. The second-order valence-electron chi connectivity index (χ2n) is 6.32. The van der Waals surface area contributed by atoms with Crippen LogP contribution in [-0.4, -0.2) is 32.2 Å². The van der Waals surface area contributed by atoms with Gasteiger partial charge in [0.25, 0.3) is 0 Å². The fraction of sp³-hybridized carbons (Fsp3) is 0.200. The van der Waals surface area contributed by atoms with Gasteiger partial charge in [-0.1, -0.05) is 12.1 Å². The maximum absolute atomic E-state index is 12.4. The summed E-state index contributed by atoms with van der Waals surface area (Å²) >= 11 is 1.36. The van der Waals surface area contributed by atoms with E-state index in [2.05, 4.69) is 10.3 Å². The smallest absolute Gasteiger partial charge is 0.239 e. The summed E-state index contributed by atoms with van der Waals surface area (Å²) in [6.07, 6.45) is 0. The van der Waals surface area contributed by atoms with E-state index < -0.39 is 21.5 Å². The van der Waals surface area contributed by atoms with Crippen LogP contribution in [0.2, 0.25) is 0 Å². The second kappa shape index (κ2) is 8.53. The van der Waals surface area contributed by atoms with E-state index >= 15 is 0 Å². The van der Waals surface area contributed by atoms with Gasteiger partial charge >= 0.3 is 0 Å². The molecule has 1 N–H and O–H groups in total. The van der Waals surface area contributed by atoms with Crippen LogP contribution < -0.4 is 10.1 Å². The van der Waals surface area contributed by atoms with Gasteiger partial charge in [-0.05, 0) is 48.9 Å². The third kappa shape index (κ3) is 5.40. The van der Waals surface area contributed by atoms with Crippen LogP contribution in [0.25, 0.3) is 10.6 Å². The third-order valence-electron chi connectivity index (χ3n) is 3.91. The summed E-state index contributed by atoms with van der Waals surface area (Å²) < 4.78 is 29.9. The summed E-state index contributed by atoms with van der Waals surface area (Å²) in [7, 11) is -2.04. The number of carbonyl (C=O) groups is 1. The number of amides is 1. The highest BCUT2D eigenvalue weighted by Crippen LogP contribution is 2.26. The van der Waals surface area contributed by atoms with Crippen LogP contribution in [0.15, 0.2) is 53.9 Å². The standard InChI is InChI=1S/C20H20N2O4S2/c1-14-4-3-5-16(10-14)21-19(23)13-28(24,25)12-17-11-27-20(22-17)15-6-8-18(26-2)9-7-15/h3-11H,12-13H2,1-2H3,(H,21,23). The molecule has 146 valence electrons. The van der Waals surface area contributed by atoms with Gasteiger partial charge < -0.3 is 10.1 Å². The van der Waals surface area contributed by atoms with Crippen molar-refractivity contribution < 1.29 is 17.9 Å². The van der Waals surface area contributed by atoms with E-state index in [0.29, 0.717) is 11.4 Å². The normalized spacial score (nSPS) is 11.2. The fourth-order valence-electron chi connectivity index (χ4n) is 2.64. The van der Waals surface area contributed by atoms with Crippen LogP contribution in [0, 0.1) is 6.92 Å². The molecule has 1 amide bonds. The molecule has 1 heterocycles. The zero-order chi connectivity index (χ0) is 20.1. The van der Waals surface area contributed by atoms with Crippen molar-refractivity contribution in [3.05, 3.63) is 65.2 Å². The van der Waals surface area contributed by atoms with Crippen LogP contribution in [0.3, 0.4) is 0 Å². The van der Waals surface area contributed by atoms with E-state index in [1.807, 2.05) is 37.3 Å². The van der Waals surface area contributed by atoms with E-state index in [-0.39, 0.29) is 5.75 Å². The van der Waals surface area contributed by atoms with E-state index in [4.69, 9.17) is 4.74 Å². The number of aromatic nitrogens is 1. The number of rotatable bonds is 7. The molecule has 0 unspecified atom stereocenters. The van der Waals surface area contributed by atoms with Gasteiger partial charge in [0, 0.05) is 16.6 Å². The van der Waals surface area contributed by atoms with Gasteiger partial charge in [-0.2, -0.15) is 0 Å². The molecule has 6 nitrogen and oxygen atoms in total. The summed E-state index contributed by atoms with van der Waals surface area (Å²) in [5.74, 6) is -0.684. The average molecular weight is 417 g/mol. The number of nitrogens with zero attached hydrogens (tertiary/aromatic N) is 1. The van der Waals surface area contributed by atoms with E-state index in [0.717, 1.165) is 21.9 Å². The first-order chi connectivity index (χ1) is 13.3. The van der Waals surface area contributed by atoms with Gasteiger partial charge in [0.15, 0.2) is 9.84 Å². The number of ether oxygens (including phenoxy) is 1. The first-order valence-electron chi connectivity index (χ1n) is 8.50. The molecule has 0 aliphatic carbocycles. The molecular formula is C20H20N2O4S2. The molecular weight excluding hydrogens is 396 g/mol. The predicted molar refractivity (Wildman–Crippen MR) is 111 cm³/mol. The quantitative estimate of drug-likeness (QED) is 0.635. The number of anilines is 1. The minimum atomic E-state index is -3.63. The van der Waals surface area contributed by atoms with Gasteiger partial charge in [0.05, 0.1) is 18.6 Å². The lowest BCUT2D eigenvalue weighted by atomic mass is 10.2. The Bertz CT molecular complexity index is 1070. The average Bonchev–Trinajstić information content (AvgIpc) is 3.08. The summed E-state index contributed by atoms with van der Waals surface area (Å²) in [5.41, 5.74) is 2.87. The zero-order valence-corrected chi connectivity index (χ0v) is 17.1. The number of hydrogen-bond acceptors (Lipinski definition) is 6. The minimum absolute atomic E-state index is 0.277. The van der Waals surface area contributed by atoms with Crippen molar-refractivity contribution in [1.29, 1.82) is 0 Å². The number of hydrogen-bond donors (Lipinski definition) is 1. The Morgan fingerprint density at radius 3 is 2.61 bits per heavy atom. The maximum atomic E-state index is 12.4. The van der Waals surface area contributed by atoms with Crippen LogP contribution in [0.4, 0.5) is 5.69 Å². The van der Waals surface area contributed by atoms with Crippen LogP contribution in [0.1, 0.15) is 11.3 Å². The first-order valence-corrected chi connectivity index (χ1v) is 11.2. The molecule has 2 aromatic carbocycles. The largest absolute Gasteiger partial charge is 0.497 e. The summed E-state index contributed by atoms with van der Waals surface area (Å²) in [6, 6.07) is 14.6. The first kappa shape index (κ1) is 20.0. The summed E-state index contributed by atoms with van der Waals surface area (Å²) in [4.78, 5) is 16.5. The van der Waals surface area contributed by atoms with Gasteiger partial charge in [-0.25, -0.2) is 13.4 Å². The SMILES string of the molecule is COc1ccc(-c2nc(CS(=O)(=O)CC(=O)Nc3cccc(C)c3)cs2)cc1. The maximum Gasteiger partial charge on any atom is 0.239 e. The Balaban J connectivity index is 1.63. The summed E-state index contributed by atoms with van der Waals surface area (Å²) in [6.45, 7) is 1.90. The molecule has 0 atom stereocenters. The van der Waals surface area contributed by atoms with Crippen LogP contribution >= 0.6 is 11.3 Å². The fourth-order valence-corrected chi connectivity index (χ4v) is 4.74. The predicted octanol–water partition coefficient (Wildman–Crippen LogP) is 3.68. The second-order valence-corrected chi connectivity index (χ2v) is 9.24. The van der Waals surface area contributed by atoms with E-state index in [1.54, 1.807) is 30.7 Å². The Morgan fingerprint density at radius 1 is 1.18 bits per heavy atom. The van der Waals surface area contributed by atoms with Crippen molar-refractivity contribution in [2.24, 2.45) is 0 Å². The Hall–Kier alpha value is -2.71. The molecule has 0 bridgehead atoms. The topological polar surface area (TPSA) is 85.4 Å². The number of benzene rings is 2. The van der Waals surface area contributed by atoms with Crippen molar-refractivity contribution in [2.75, 3.05) is 18.2 Å². The van der Waals surface area contributed by atoms with Crippen LogP contribution in [-0.2, 0) is 20.4 Å². The number of aryl methyl sites for hydroxylation is 1. The lowest BCUT2D eigenvalue weighted by molar-refractivity contribution is -0.113. The molecule has 0 spiro atoms. The van der Waals surface area contributed by atoms with Gasteiger partial charge in [-0.3, -0.25) is 4.79 Å². The zero-order valence-electron chi connectivity index (χ0n) is 15.5. The van der Waals surface area contributed by atoms with Crippen molar-refractivity contribution in [3.8, 4) is 16.3 Å². The van der Waals surface area contributed by atoms with E-state index in [1.165, 1.54) is 11.3 Å². The summed E-state index contributed by atoms with van der Waals surface area (Å²) in [5, 5.41) is 5.04. The number of thiazole rings is 1. The highest BCUT2D eigenvalue weighted by Gasteiger charge is 2.19. The number of nitrogens with one attached hydrogen (secondary N) is 1. The highest BCUT2D eigenvalue weighted by atomic mass is 32.2. The van der Waals surface area contributed by atoms with Gasteiger partial charge in [0.1, 0.15) is 16.5 Å². The van der Waals surface area contributed by atoms with Gasteiger partial charge in [0.2, 0.25) is 5.91 Å². The molecule has 0 fully saturated rings. The highest BCUT2D eigenvalue weighted by molar-refractivity contribution is 7.91. The van der Waals surface area contributed by atoms with Crippen molar-refractivity contribution in [2.45, 2.75) is 12.7 Å². The lowest BCUT2D eigenvalue weighted by Gasteiger charge is -2.06. The molecule has 1 aromatic heterocycles. The number of carbonyl (C=O) groups excluding carboxylic acids is 1. The number of sulfone groups is 1. The number of methoxy groups -OCH3 is 1. The molecule has 8 heteroatoms. The molecule has 3 rings (SSSR count). The molecule has 0 aliphatic rings. The van der Waals surface area contributed by atoms with Crippen LogP contribution in [0.5, 0.6) is 5.75 Å². The molecule has 0 saturated heterocycles. The van der Waals surface area contributed by atoms with Crippen molar-refractivity contribution in [1.82, 2.24) is 4.98 Å². The molecule has 0 saturated carbocycles. The molecule has 28 heavy (non-hydrogen) atoms. The Morgan fingerprint density at radius 2 is 1.93 bits per heavy atom. The molecule has 0 aliphatic heterocycles. The van der Waals surface area contributed by atoms with Crippen molar-refractivity contribution >= 4 is 32.8 Å².